The predicted octanol–water partition coefficient (Wildman–Crippen LogP) is 2.74. The number of halogens is 1. The van der Waals surface area contributed by atoms with Crippen LogP contribution in [0.5, 0.6) is 5.75 Å². The van der Waals surface area contributed by atoms with Crippen molar-refractivity contribution in [2.24, 2.45) is 0 Å². The first-order valence-electron chi connectivity index (χ1n) is 7.91. The van der Waals surface area contributed by atoms with E-state index in [0.29, 0.717) is 11.3 Å². The lowest BCUT2D eigenvalue weighted by atomic mass is 9.86. The van der Waals surface area contributed by atoms with Gasteiger partial charge in [0.1, 0.15) is 23.3 Å². The smallest absolute Gasteiger partial charge is 0.270 e. The summed E-state index contributed by atoms with van der Waals surface area (Å²) in [6.07, 6.45) is -1.15. The monoisotopic (exact) mass is 360 g/mol. The molecule has 0 unspecified atom stereocenters. The van der Waals surface area contributed by atoms with Gasteiger partial charge in [-0.05, 0) is 44.2 Å². The molecule has 0 aliphatic carbocycles. The molecule has 0 radical (unpaired) electrons. The van der Waals surface area contributed by atoms with Crippen LogP contribution in [0.1, 0.15) is 35.8 Å². The first-order valence-corrected chi connectivity index (χ1v) is 7.91. The molecule has 0 spiro atoms. The fraction of sp³-hybridized carbons (Fsp3) is 0.278. The maximum atomic E-state index is 13.0. The van der Waals surface area contributed by atoms with Gasteiger partial charge in [-0.25, -0.2) is 4.39 Å². The molecule has 1 aliphatic rings. The number of fused-ring (bicyclic) bond motifs is 1. The van der Waals surface area contributed by atoms with Crippen LogP contribution in [-0.4, -0.2) is 27.6 Å². The zero-order valence-corrected chi connectivity index (χ0v) is 14.1. The normalized spacial score (nSPS) is 20.6. The highest BCUT2D eigenvalue weighted by molar-refractivity contribution is 5.94. The van der Waals surface area contributed by atoms with Crippen LogP contribution in [0.4, 0.5) is 10.1 Å². The van der Waals surface area contributed by atoms with Crippen LogP contribution in [0.2, 0.25) is 0 Å². The molecule has 2 aromatic rings. The van der Waals surface area contributed by atoms with E-state index in [1.807, 2.05) is 0 Å². The Labute approximate surface area is 148 Å². The van der Waals surface area contributed by atoms with Crippen molar-refractivity contribution in [2.75, 3.05) is 0 Å². The summed E-state index contributed by atoms with van der Waals surface area (Å²) in [6, 6.07) is 8.01. The highest BCUT2D eigenvalue weighted by Crippen LogP contribution is 2.41. The van der Waals surface area contributed by atoms with Gasteiger partial charge >= 0.3 is 0 Å². The number of nitrogens with one attached hydrogen (secondary N) is 1. The number of ether oxygens (including phenoxy) is 1. The Kier molecular flexibility index (Phi) is 4.37. The maximum Gasteiger partial charge on any atom is 0.270 e. The molecule has 2 N–H and O–H groups in total. The number of nitrogens with zero attached hydrogens (tertiary/aromatic N) is 1. The van der Waals surface area contributed by atoms with E-state index in [1.54, 1.807) is 13.8 Å². The number of benzene rings is 2. The van der Waals surface area contributed by atoms with Crippen LogP contribution in [0.25, 0.3) is 0 Å². The van der Waals surface area contributed by atoms with E-state index in [2.05, 4.69) is 5.32 Å². The van der Waals surface area contributed by atoms with Gasteiger partial charge in [0.2, 0.25) is 0 Å². The number of rotatable bonds is 3. The van der Waals surface area contributed by atoms with Gasteiger partial charge in [-0.2, -0.15) is 0 Å². The predicted molar refractivity (Wildman–Crippen MR) is 90.4 cm³/mol. The molecule has 1 heterocycles. The molecule has 0 aromatic heterocycles. The van der Waals surface area contributed by atoms with Gasteiger partial charge in [0.25, 0.3) is 11.6 Å². The van der Waals surface area contributed by atoms with E-state index in [4.69, 9.17) is 4.74 Å². The SMILES string of the molecule is CC1(C)Oc2ccc([N+](=O)[O-])cc2[C@@H](NC(=O)c2ccc(F)cc2)[C@@H]1O. The third kappa shape index (κ3) is 3.23. The average Bonchev–Trinajstić information content (AvgIpc) is 2.58. The van der Waals surface area contributed by atoms with Crippen LogP contribution in [0.3, 0.4) is 0 Å². The average molecular weight is 360 g/mol. The molecule has 0 bridgehead atoms. The Bertz CT molecular complexity index is 866. The van der Waals surface area contributed by atoms with Crippen LogP contribution >= 0.6 is 0 Å². The molecular weight excluding hydrogens is 343 g/mol. The van der Waals surface area contributed by atoms with E-state index in [-0.39, 0.29) is 11.3 Å². The number of nitro groups is 1. The van der Waals surface area contributed by atoms with Crippen molar-refractivity contribution in [1.29, 1.82) is 0 Å². The highest BCUT2D eigenvalue weighted by Gasteiger charge is 2.44. The van der Waals surface area contributed by atoms with Crippen LogP contribution in [0, 0.1) is 15.9 Å². The van der Waals surface area contributed by atoms with E-state index < -0.39 is 34.4 Å². The molecule has 0 saturated heterocycles. The molecule has 0 fully saturated rings. The molecule has 8 heteroatoms. The Morgan fingerprint density at radius 2 is 1.92 bits per heavy atom. The zero-order chi connectivity index (χ0) is 19.1. The van der Waals surface area contributed by atoms with Gasteiger partial charge < -0.3 is 15.2 Å². The van der Waals surface area contributed by atoms with Gasteiger partial charge in [0, 0.05) is 23.3 Å². The molecule has 26 heavy (non-hydrogen) atoms. The number of nitro benzene ring substituents is 1. The van der Waals surface area contributed by atoms with E-state index in [1.165, 1.54) is 30.3 Å². The summed E-state index contributed by atoms with van der Waals surface area (Å²) in [6.45, 7) is 3.30. The fourth-order valence-electron chi connectivity index (χ4n) is 2.88. The third-order valence-corrected chi connectivity index (χ3v) is 4.33. The van der Waals surface area contributed by atoms with Crippen LogP contribution in [0.15, 0.2) is 42.5 Å². The summed E-state index contributed by atoms with van der Waals surface area (Å²) in [7, 11) is 0. The molecule has 1 aliphatic heterocycles. The van der Waals surface area contributed by atoms with Crippen molar-refractivity contribution in [3.05, 3.63) is 69.5 Å². The lowest BCUT2D eigenvalue weighted by Gasteiger charge is -2.42. The topological polar surface area (TPSA) is 102 Å². The fourth-order valence-corrected chi connectivity index (χ4v) is 2.88. The van der Waals surface area contributed by atoms with Crippen LogP contribution in [-0.2, 0) is 0 Å². The van der Waals surface area contributed by atoms with Gasteiger partial charge in [0.15, 0.2) is 0 Å². The molecule has 3 rings (SSSR count). The first-order chi connectivity index (χ1) is 12.2. The molecule has 0 saturated carbocycles. The molecule has 2 aromatic carbocycles. The summed E-state index contributed by atoms with van der Waals surface area (Å²) in [5, 5.41) is 24.4. The number of carbonyl (C=O) groups is 1. The minimum absolute atomic E-state index is 0.180. The van der Waals surface area contributed by atoms with Crippen molar-refractivity contribution in [3.63, 3.8) is 0 Å². The van der Waals surface area contributed by atoms with Gasteiger partial charge in [-0.1, -0.05) is 0 Å². The largest absolute Gasteiger partial charge is 0.485 e. The third-order valence-electron chi connectivity index (χ3n) is 4.33. The zero-order valence-electron chi connectivity index (χ0n) is 14.1. The quantitative estimate of drug-likeness (QED) is 0.647. The molecule has 1 amide bonds. The summed E-state index contributed by atoms with van der Waals surface area (Å²) in [5.41, 5.74) is -0.694. The molecule has 2 atom stereocenters. The lowest BCUT2D eigenvalue weighted by molar-refractivity contribution is -0.385. The second-order valence-corrected chi connectivity index (χ2v) is 6.59. The van der Waals surface area contributed by atoms with Crippen molar-refractivity contribution in [2.45, 2.75) is 31.6 Å². The van der Waals surface area contributed by atoms with E-state index in [0.717, 1.165) is 12.1 Å². The minimum atomic E-state index is -1.15. The number of hydrogen-bond acceptors (Lipinski definition) is 5. The molecular formula is C18H17FN2O5. The Morgan fingerprint density at radius 3 is 2.54 bits per heavy atom. The summed E-state index contributed by atoms with van der Waals surface area (Å²) in [5.74, 6) is -0.672. The van der Waals surface area contributed by atoms with Crippen molar-refractivity contribution in [3.8, 4) is 5.75 Å². The summed E-state index contributed by atoms with van der Waals surface area (Å²) < 4.78 is 18.8. The standard InChI is InChI=1S/C18H17FN2O5/c1-18(2)16(22)15(20-17(23)10-3-5-11(19)6-4-10)13-9-12(21(24)25)7-8-14(13)26-18/h3-9,15-16,22H,1-2H3,(H,20,23)/t15-,16+/m1/s1. The van der Waals surface area contributed by atoms with E-state index >= 15 is 0 Å². The van der Waals surface area contributed by atoms with Crippen molar-refractivity contribution in [1.82, 2.24) is 5.32 Å². The summed E-state index contributed by atoms with van der Waals surface area (Å²) >= 11 is 0. The highest BCUT2D eigenvalue weighted by atomic mass is 19.1. The number of aliphatic hydroxyl groups excluding tert-OH is 1. The Morgan fingerprint density at radius 1 is 1.27 bits per heavy atom. The Balaban J connectivity index is 1.99. The number of hydrogen-bond donors (Lipinski definition) is 2. The van der Waals surface area contributed by atoms with Crippen molar-refractivity contribution < 1.29 is 24.0 Å². The minimum Gasteiger partial charge on any atom is -0.485 e. The Hall–Kier alpha value is -3.00. The number of carbonyl (C=O) groups excluding carboxylic acids is 1. The molecule has 136 valence electrons. The molecule has 7 nitrogen and oxygen atoms in total. The number of amides is 1. The second kappa shape index (κ2) is 6.38. The van der Waals surface area contributed by atoms with Gasteiger partial charge in [-0.15, -0.1) is 0 Å². The lowest BCUT2D eigenvalue weighted by Crippen LogP contribution is -2.53. The number of aliphatic hydroxyl groups is 1. The summed E-state index contributed by atoms with van der Waals surface area (Å²) in [4.78, 5) is 23.0. The maximum absolute atomic E-state index is 13.0. The van der Waals surface area contributed by atoms with Crippen LogP contribution < -0.4 is 10.1 Å². The number of non-ortho nitro benzene ring substituents is 1. The van der Waals surface area contributed by atoms with Gasteiger partial charge in [-0.3, -0.25) is 14.9 Å². The first kappa shape index (κ1) is 17.8. The van der Waals surface area contributed by atoms with E-state index in [9.17, 15) is 24.4 Å². The van der Waals surface area contributed by atoms with Crippen molar-refractivity contribution >= 4 is 11.6 Å². The van der Waals surface area contributed by atoms with Gasteiger partial charge in [0.05, 0.1) is 11.0 Å². The second-order valence-electron chi connectivity index (χ2n) is 6.59.